The number of aliphatic hydroxyl groups is 1. The van der Waals surface area contributed by atoms with Crippen molar-refractivity contribution in [3.05, 3.63) is 95.3 Å². The van der Waals surface area contributed by atoms with Gasteiger partial charge in [-0.1, -0.05) is 73.7 Å². The van der Waals surface area contributed by atoms with Gasteiger partial charge in [-0.2, -0.15) is 0 Å². The summed E-state index contributed by atoms with van der Waals surface area (Å²) < 4.78 is 20.3. The second kappa shape index (κ2) is 14.4. The molecule has 2 amide bonds. The second-order valence-electron chi connectivity index (χ2n) is 11.1. The van der Waals surface area contributed by atoms with E-state index in [1.165, 1.54) is 13.2 Å². The largest absolute Gasteiger partial charge is 0.453 e. The van der Waals surface area contributed by atoms with Gasteiger partial charge in [0.2, 0.25) is 5.91 Å². The van der Waals surface area contributed by atoms with Crippen LogP contribution < -0.4 is 11.1 Å². The van der Waals surface area contributed by atoms with Gasteiger partial charge < -0.3 is 25.8 Å². The van der Waals surface area contributed by atoms with Crippen molar-refractivity contribution in [3.8, 4) is 11.1 Å². The van der Waals surface area contributed by atoms with Crippen molar-refractivity contribution >= 4 is 12.0 Å². The number of methoxy groups -OCH3 is 1. The molecule has 4 N–H and O–H groups in total. The van der Waals surface area contributed by atoms with Crippen LogP contribution in [0.25, 0.3) is 11.1 Å². The lowest BCUT2D eigenvalue weighted by Crippen LogP contribution is -2.52. The number of carbonyl (C=O) groups excluding carboxylic acids is 2. The Morgan fingerprint density at radius 2 is 1.86 bits per heavy atom. The molecule has 0 radical (unpaired) electrons. The summed E-state index contributed by atoms with van der Waals surface area (Å²) in [4.78, 5) is 26.9. The van der Waals surface area contributed by atoms with Gasteiger partial charge in [-0.05, 0) is 66.8 Å². The number of hydrogen-bond donors (Lipinski definition) is 3. The molecule has 42 heavy (non-hydrogen) atoms. The number of piperidine rings is 1. The molecule has 224 valence electrons. The van der Waals surface area contributed by atoms with Crippen LogP contribution in [0, 0.1) is 11.7 Å². The molecule has 3 atom stereocenters. The van der Waals surface area contributed by atoms with E-state index < -0.39 is 23.6 Å². The summed E-state index contributed by atoms with van der Waals surface area (Å²) in [6.45, 7) is 3.17. The van der Waals surface area contributed by atoms with Crippen LogP contribution >= 0.6 is 0 Å². The Morgan fingerprint density at radius 1 is 1.12 bits per heavy atom. The predicted molar refractivity (Wildman–Crippen MR) is 162 cm³/mol. The van der Waals surface area contributed by atoms with E-state index in [0.29, 0.717) is 55.5 Å². The lowest BCUT2D eigenvalue weighted by atomic mass is 9.72. The number of ether oxygens (including phenoxy) is 1. The fourth-order valence-corrected chi connectivity index (χ4v) is 6.06. The maximum Gasteiger partial charge on any atom is 0.406 e. The van der Waals surface area contributed by atoms with Gasteiger partial charge in [-0.15, -0.1) is 0 Å². The van der Waals surface area contributed by atoms with Gasteiger partial charge in [0.15, 0.2) is 0 Å². The Balaban J connectivity index is 1.66. The molecule has 0 aliphatic carbocycles. The van der Waals surface area contributed by atoms with Crippen molar-refractivity contribution in [2.24, 2.45) is 11.7 Å². The first-order chi connectivity index (χ1) is 20.3. The number of aryl methyl sites for hydroxylation is 1. The number of likely N-dealkylation sites (tertiary alicyclic amines) is 1. The zero-order valence-corrected chi connectivity index (χ0v) is 24.5. The van der Waals surface area contributed by atoms with E-state index in [0.717, 1.165) is 17.5 Å². The number of benzene rings is 3. The van der Waals surface area contributed by atoms with Crippen LogP contribution in [0.5, 0.6) is 0 Å². The average Bonchev–Trinajstić information content (AvgIpc) is 3.02. The highest BCUT2D eigenvalue weighted by molar-refractivity contribution is 5.82. The number of alkyl carbamates (subject to hydrolysis) is 1. The van der Waals surface area contributed by atoms with E-state index in [9.17, 15) is 14.7 Å². The molecule has 3 aromatic carbocycles. The van der Waals surface area contributed by atoms with Crippen molar-refractivity contribution in [1.29, 1.82) is 0 Å². The van der Waals surface area contributed by atoms with Crippen LogP contribution in [-0.4, -0.2) is 54.8 Å². The van der Waals surface area contributed by atoms with Crippen molar-refractivity contribution in [2.75, 3.05) is 26.7 Å². The summed E-state index contributed by atoms with van der Waals surface area (Å²) >= 11 is 0. The highest BCUT2D eigenvalue weighted by Crippen LogP contribution is 2.44. The zero-order chi connectivity index (χ0) is 30.1. The maximum absolute atomic E-state index is 15.7. The Bertz CT molecular complexity index is 1350. The molecule has 1 saturated heterocycles. The van der Waals surface area contributed by atoms with E-state index in [1.54, 1.807) is 17.0 Å². The van der Waals surface area contributed by atoms with Crippen LogP contribution in [0.4, 0.5) is 9.18 Å². The Morgan fingerprint density at radius 3 is 2.60 bits per heavy atom. The van der Waals surface area contributed by atoms with E-state index in [2.05, 4.69) is 10.1 Å². The fraction of sp³-hybridized carbons (Fsp3) is 0.412. The molecular formula is C34H42FN3O4. The fourth-order valence-electron chi connectivity index (χ4n) is 6.06. The first-order valence-corrected chi connectivity index (χ1v) is 14.8. The van der Waals surface area contributed by atoms with Crippen LogP contribution in [-0.2, 0) is 28.0 Å². The van der Waals surface area contributed by atoms with E-state index >= 15 is 4.39 Å². The Hall–Kier alpha value is -3.75. The molecule has 1 heterocycles. The van der Waals surface area contributed by atoms with Gasteiger partial charge in [-0.25, -0.2) is 9.18 Å². The number of rotatable bonds is 11. The molecule has 0 unspecified atom stereocenters. The second-order valence-corrected chi connectivity index (χ2v) is 11.1. The monoisotopic (exact) mass is 575 g/mol. The molecule has 7 nitrogen and oxygen atoms in total. The normalized spacial score (nSPS) is 17.3. The summed E-state index contributed by atoms with van der Waals surface area (Å²) in [6.07, 6.45) is 2.69. The zero-order valence-electron chi connectivity index (χ0n) is 24.5. The molecule has 0 saturated carbocycles. The average molecular weight is 576 g/mol. The minimum atomic E-state index is -1.47. The first kappa shape index (κ1) is 31.2. The van der Waals surface area contributed by atoms with E-state index in [-0.39, 0.29) is 24.8 Å². The highest BCUT2D eigenvalue weighted by Gasteiger charge is 2.43. The number of hydrogen-bond acceptors (Lipinski definition) is 5. The third-order valence-corrected chi connectivity index (χ3v) is 8.32. The summed E-state index contributed by atoms with van der Waals surface area (Å²) in [5, 5.41) is 15.3. The minimum absolute atomic E-state index is 0.159. The third kappa shape index (κ3) is 7.36. The van der Waals surface area contributed by atoms with E-state index in [4.69, 9.17) is 5.73 Å². The number of halogens is 1. The molecule has 1 aliphatic heterocycles. The topological polar surface area (TPSA) is 105 Å². The summed E-state index contributed by atoms with van der Waals surface area (Å²) in [5.74, 6) is -0.943. The van der Waals surface area contributed by atoms with Crippen LogP contribution in [0.2, 0.25) is 0 Å². The summed E-state index contributed by atoms with van der Waals surface area (Å²) in [5.41, 5.74) is 8.50. The number of nitrogens with two attached hydrogens (primary N) is 1. The quantitative estimate of drug-likeness (QED) is 0.273. The SMILES string of the molecule is CCc1cccc(-c2c(F)cccc2[C@](O)(CCCNC(=O)OC)[C@@H]2CCCN(C(=O)[C@@H](N)Cc3ccccc3)C2)c1. The first-order valence-electron chi connectivity index (χ1n) is 14.8. The molecule has 0 aromatic heterocycles. The molecule has 1 fully saturated rings. The number of carbonyl (C=O) groups is 2. The molecule has 0 spiro atoms. The van der Waals surface area contributed by atoms with Crippen molar-refractivity contribution in [1.82, 2.24) is 10.2 Å². The van der Waals surface area contributed by atoms with Crippen molar-refractivity contribution in [2.45, 2.75) is 57.1 Å². The highest BCUT2D eigenvalue weighted by atomic mass is 19.1. The van der Waals surface area contributed by atoms with Crippen molar-refractivity contribution < 1.29 is 23.8 Å². The molecular weight excluding hydrogens is 533 g/mol. The van der Waals surface area contributed by atoms with Gasteiger partial charge in [0.05, 0.1) is 18.8 Å². The van der Waals surface area contributed by atoms with Gasteiger partial charge in [-0.3, -0.25) is 4.79 Å². The lowest BCUT2D eigenvalue weighted by molar-refractivity contribution is -0.138. The smallest absolute Gasteiger partial charge is 0.406 e. The number of amides is 2. The van der Waals surface area contributed by atoms with Gasteiger partial charge in [0.25, 0.3) is 0 Å². The number of nitrogens with zero attached hydrogens (tertiary/aromatic N) is 1. The maximum atomic E-state index is 15.7. The van der Waals surface area contributed by atoms with Gasteiger partial charge in [0.1, 0.15) is 5.82 Å². The van der Waals surface area contributed by atoms with E-state index in [1.807, 2.05) is 61.5 Å². The molecule has 1 aliphatic rings. The Kier molecular flexibility index (Phi) is 10.7. The van der Waals surface area contributed by atoms with Crippen LogP contribution in [0.3, 0.4) is 0 Å². The molecule has 4 rings (SSSR count). The summed E-state index contributed by atoms with van der Waals surface area (Å²) in [6, 6.07) is 21.5. The van der Waals surface area contributed by atoms with Gasteiger partial charge in [0, 0.05) is 31.1 Å². The lowest BCUT2D eigenvalue weighted by Gasteiger charge is -2.44. The van der Waals surface area contributed by atoms with Crippen LogP contribution in [0.1, 0.15) is 49.3 Å². The number of nitrogens with one attached hydrogen (secondary N) is 1. The standard InChI is InChI=1S/C34H42FN3O4/c1-3-24-13-7-14-26(21-24)31-28(16-8-17-29(31)35)34(41,18-10-19-37-33(40)42-2)27-15-9-20-38(23-27)32(39)30(36)22-25-11-5-4-6-12-25/h4-8,11-14,16-17,21,27,30,41H,3,9-10,15,18-20,22-23,36H2,1-2H3,(H,37,40)/t27-,30+,34+/m1/s1. The molecule has 0 bridgehead atoms. The Labute approximate surface area is 247 Å². The minimum Gasteiger partial charge on any atom is -0.453 e. The molecule has 8 heteroatoms. The van der Waals surface area contributed by atoms with Crippen molar-refractivity contribution in [3.63, 3.8) is 0 Å². The summed E-state index contributed by atoms with van der Waals surface area (Å²) in [7, 11) is 1.30. The predicted octanol–water partition coefficient (Wildman–Crippen LogP) is 5.19. The van der Waals surface area contributed by atoms with Gasteiger partial charge >= 0.3 is 6.09 Å². The van der Waals surface area contributed by atoms with Crippen LogP contribution in [0.15, 0.2) is 72.8 Å². The third-order valence-electron chi connectivity index (χ3n) is 8.32. The molecule has 3 aromatic rings.